The lowest BCUT2D eigenvalue weighted by atomic mass is 10.1. The molecule has 7 nitrogen and oxygen atoms in total. The highest BCUT2D eigenvalue weighted by molar-refractivity contribution is 7.16. The Kier molecular flexibility index (Phi) is 6.22. The Hall–Kier alpha value is -4.87. The van der Waals surface area contributed by atoms with Crippen LogP contribution in [0.4, 0.5) is 5.00 Å². The van der Waals surface area contributed by atoms with Crippen LogP contribution in [0.5, 0.6) is 0 Å². The van der Waals surface area contributed by atoms with Crippen LogP contribution in [0.2, 0.25) is 0 Å². The lowest BCUT2D eigenvalue weighted by Gasteiger charge is -2.14. The van der Waals surface area contributed by atoms with Gasteiger partial charge in [-0.05, 0) is 73.2 Å². The topological polar surface area (TPSA) is 90.9 Å². The van der Waals surface area contributed by atoms with Gasteiger partial charge in [0, 0.05) is 34.5 Å². The van der Waals surface area contributed by atoms with Crippen LogP contribution in [0.3, 0.4) is 0 Å². The molecule has 0 radical (unpaired) electrons. The minimum absolute atomic E-state index is 0.0531. The first-order chi connectivity index (χ1) is 17.5. The predicted molar refractivity (Wildman–Crippen MR) is 142 cm³/mol. The van der Waals surface area contributed by atoms with Crippen LogP contribution in [0.15, 0.2) is 83.9 Å². The zero-order valence-electron chi connectivity index (χ0n) is 19.1. The molecule has 0 fully saturated rings. The van der Waals surface area contributed by atoms with E-state index in [0.717, 1.165) is 28.0 Å². The van der Waals surface area contributed by atoms with E-state index in [2.05, 4.69) is 16.8 Å². The summed E-state index contributed by atoms with van der Waals surface area (Å²) < 4.78 is 1.56. The molecule has 36 heavy (non-hydrogen) atoms. The minimum atomic E-state index is -0.422. The van der Waals surface area contributed by atoms with Gasteiger partial charge in [-0.15, -0.1) is 0 Å². The molecule has 5 aromatic rings. The van der Waals surface area contributed by atoms with Gasteiger partial charge in [0.25, 0.3) is 5.56 Å². The summed E-state index contributed by atoms with van der Waals surface area (Å²) in [4.78, 5) is 33.7. The van der Waals surface area contributed by atoms with E-state index in [-0.39, 0.29) is 10.6 Å². The van der Waals surface area contributed by atoms with Gasteiger partial charge in [-0.2, -0.15) is 0 Å². The van der Waals surface area contributed by atoms with Crippen molar-refractivity contribution in [3.05, 3.63) is 127 Å². The van der Waals surface area contributed by atoms with E-state index in [1.807, 2.05) is 43.3 Å². The molecule has 0 aliphatic heterocycles. The second-order valence-corrected chi connectivity index (χ2v) is 8.98. The maximum absolute atomic E-state index is 13.6. The Balaban J connectivity index is 1.60. The molecule has 0 aliphatic carbocycles. The number of nitro groups is 1. The molecule has 0 bridgehead atoms. The Morgan fingerprint density at radius 2 is 1.83 bits per heavy atom. The smallest absolute Gasteiger partial charge is 0.268 e. The van der Waals surface area contributed by atoms with E-state index >= 15 is 0 Å². The van der Waals surface area contributed by atoms with E-state index < -0.39 is 4.92 Å². The molecular formula is C28H18N4O3S. The number of aryl methyl sites for hydroxylation is 1. The van der Waals surface area contributed by atoms with Gasteiger partial charge in [0.05, 0.1) is 21.5 Å². The molecule has 8 heteroatoms. The van der Waals surface area contributed by atoms with Crippen LogP contribution in [-0.2, 0) is 0 Å². The largest absolute Gasteiger partial charge is 0.324 e. The molecular weight excluding hydrogens is 472 g/mol. The first-order valence-electron chi connectivity index (χ1n) is 11.0. The summed E-state index contributed by atoms with van der Waals surface area (Å²) in [6.07, 6.45) is 6.84. The molecule has 0 saturated carbocycles. The van der Waals surface area contributed by atoms with Crippen molar-refractivity contribution >= 4 is 39.4 Å². The van der Waals surface area contributed by atoms with Crippen molar-refractivity contribution in [3.63, 3.8) is 0 Å². The third-order valence-electron chi connectivity index (χ3n) is 5.44. The molecule has 0 saturated heterocycles. The van der Waals surface area contributed by atoms with Gasteiger partial charge in [0.1, 0.15) is 5.82 Å². The first-order valence-corrected chi connectivity index (χ1v) is 11.8. The standard InChI is InChI=1S/C28H18N4O3S/c1-19-17-20(8-9-21-5-4-16-29-18-21)10-13-25(19)31-26(14-11-22-12-15-27(36-22)32(34)35)30-24-7-3-2-6-23(24)28(31)33/h2-7,10-18H,1H3. The molecule has 3 aromatic heterocycles. The van der Waals surface area contributed by atoms with Gasteiger partial charge in [-0.25, -0.2) is 4.98 Å². The summed E-state index contributed by atoms with van der Waals surface area (Å²) in [5.41, 5.74) is 3.54. The van der Waals surface area contributed by atoms with Crippen molar-refractivity contribution in [1.29, 1.82) is 0 Å². The molecule has 0 amide bonds. The maximum Gasteiger partial charge on any atom is 0.324 e. The summed E-state index contributed by atoms with van der Waals surface area (Å²) in [6.45, 7) is 1.92. The van der Waals surface area contributed by atoms with Crippen LogP contribution in [-0.4, -0.2) is 19.5 Å². The molecule has 3 heterocycles. The molecule has 0 N–H and O–H groups in total. The van der Waals surface area contributed by atoms with Crippen molar-refractivity contribution in [2.75, 3.05) is 0 Å². The third-order valence-corrected chi connectivity index (χ3v) is 6.44. The zero-order valence-corrected chi connectivity index (χ0v) is 19.9. The Morgan fingerprint density at radius 1 is 1.00 bits per heavy atom. The van der Waals surface area contributed by atoms with E-state index in [1.54, 1.807) is 53.4 Å². The fraction of sp³-hybridized carbons (Fsp3) is 0.0357. The molecule has 5 rings (SSSR count). The van der Waals surface area contributed by atoms with Gasteiger partial charge in [0.15, 0.2) is 0 Å². The summed E-state index contributed by atoms with van der Waals surface area (Å²) in [7, 11) is 0. The first kappa shape index (κ1) is 22.9. The van der Waals surface area contributed by atoms with Crippen molar-refractivity contribution in [2.24, 2.45) is 0 Å². The summed E-state index contributed by atoms with van der Waals surface area (Å²) in [6, 6.07) is 19.7. The highest BCUT2D eigenvalue weighted by Crippen LogP contribution is 2.26. The number of nitrogens with zero attached hydrogens (tertiary/aromatic N) is 4. The molecule has 174 valence electrons. The number of pyridine rings is 1. The zero-order chi connectivity index (χ0) is 25.1. The average molecular weight is 491 g/mol. The van der Waals surface area contributed by atoms with Gasteiger partial charge in [0.2, 0.25) is 0 Å². The van der Waals surface area contributed by atoms with Crippen LogP contribution in [0.25, 0.3) is 28.7 Å². The van der Waals surface area contributed by atoms with E-state index in [0.29, 0.717) is 27.3 Å². The molecule has 0 spiro atoms. The number of hydrogen-bond donors (Lipinski definition) is 0. The number of hydrogen-bond acceptors (Lipinski definition) is 6. The van der Waals surface area contributed by atoms with Crippen LogP contribution in [0.1, 0.15) is 27.4 Å². The lowest BCUT2D eigenvalue weighted by Crippen LogP contribution is -2.23. The number of aromatic nitrogens is 3. The normalized spacial score (nSPS) is 10.9. The fourth-order valence-corrected chi connectivity index (χ4v) is 4.47. The highest BCUT2D eigenvalue weighted by atomic mass is 32.1. The number of rotatable bonds is 4. The van der Waals surface area contributed by atoms with E-state index in [9.17, 15) is 14.9 Å². The number of benzene rings is 2. The van der Waals surface area contributed by atoms with Gasteiger partial charge in [-0.1, -0.05) is 35.3 Å². The van der Waals surface area contributed by atoms with Crippen molar-refractivity contribution in [2.45, 2.75) is 6.92 Å². The minimum Gasteiger partial charge on any atom is -0.268 e. The van der Waals surface area contributed by atoms with Crippen LogP contribution >= 0.6 is 11.3 Å². The van der Waals surface area contributed by atoms with Crippen molar-refractivity contribution in [3.8, 4) is 17.5 Å². The SMILES string of the molecule is Cc1cc(C#Cc2cccnc2)ccc1-n1c(C=Cc2ccc([N+](=O)[O-])s2)nc2ccccc2c1=O. The predicted octanol–water partition coefficient (Wildman–Crippen LogP) is 5.63. The van der Waals surface area contributed by atoms with Crippen molar-refractivity contribution < 1.29 is 4.92 Å². The molecule has 0 atom stereocenters. The third kappa shape index (κ3) is 4.69. The summed E-state index contributed by atoms with van der Waals surface area (Å²) >= 11 is 1.06. The Labute approximate surface area is 210 Å². The van der Waals surface area contributed by atoms with E-state index in [1.165, 1.54) is 6.07 Å². The van der Waals surface area contributed by atoms with Crippen LogP contribution < -0.4 is 5.56 Å². The number of thiophene rings is 1. The monoisotopic (exact) mass is 490 g/mol. The van der Waals surface area contributed by atoms with E-state index in [4.69, 9.17) is 4.98 Å². The quantitative estimate of drug-likeness (QED) is 0.185. The average Bonchev–Trinajstić information content (AvgIpc) is 3.37. The second-order valence-electron chi connectivity index (χ2n) is 7.89. The highest BCUT2D eigenvalue weighted by Gasteiger charge is 2.14. The number of fused-ring (bicyclic) bond motifs is 1. The van der Waals surface area contributed by atoms with Gasteiger partial charge < -0.3 is 0 Å². The Bertz CT molecular complexity index is 1760. The van der Waals surface area contributed by atoms with Crippen LogP contribution in [0, 0.1) is 28.9 Å². The second kappa shape index (κ2) is 9.78. The Morgan fingerprint density at radius 3 is 2.58 bits per heavy atom. The summed E-state index contributed by atoms with van der Waals surface area (Å²) in [5.74, 6) is 6.65. The number of para-hydroxylation sites is 1. The maximum atomic E-state index is 13.6. The molecule has 2 aromatic carbocycles. The lowest BCUT2D eigenvalue weighted by molar-refractivity contribution is -0.380. The van der Waals surface area contributed by atoms with Gasteiger partial charge >= 0.3 is 5.00 Å². The van der Waals surface area contributed by atoms with Gasteiger partial charge in [-0.3, -0.25) is 24.5 Å². The fourth-order valence-electron chi connectivity index (χ4n) is 3.75. The molecule has 0 unspecified atom stereocenters. The summed E-state index contributed by atoms with van der Waals surface area (Å²) in [5, 5.41) is 11.6. The van der Waals surface area contributed by atoms with Crippen molar-refractivity contribution in [1.82, 2.24) is 14.5 Å². The molecule has 0 aliphatic rings.